The number of hydrogen-bond donors (Lipinski definition) is 0. The Balaban J connectivity index is 1.77. The second kappa shape index (κ2) is 6.98. The zero-order chi connectivity index (χ0) is 17.4. The van der Waals surface area contributed by atoms with E-state index in [0.29, 0.717) is 6.04 Å². The number of hydrogen-bond acceptors (Lipinski definition) is 4. The molecule has 1 saturated heterocycles. The SMILES string of the molecule is COc1ccc2c(c1)[C@H](N1CCN(C)CC1)Cc1ccc(F)cc1S2. The van der Waals surface area contributed by atoms with Crippen LogP contribution in [0.2, 0.25) is 0 Å². The van der Waals surface area contributed by atoms with Gasteiger partial charge in [-0.25, -0.2) is 4.39 Å². The third-order valence-electron chi connectivity index (χ3n) is 5.22. The standard InChI is InChI=1S/C20H23FN2OS/c1-22-7-9-23(10-8-22)18-11-14-3-4-15(21)12-20(14)25-19-6-5-16(24-2)13-17(18)19/h3-6,12-13,18H,7-11H2,1-2H3/t18-/m1/s1. The third kappa shape index (κ3) is 3.41. The molecule has 1 fully saturated rings. The maximum absolute atomic E-state index is 13.8. The van der Waals surface area contributed by atoms with Gasteiger partial charge in [-0.05, 0) is 54.9 Å². The van der Waals surface area contributed by atoms with E-state index in [1.165, 1.54) is 16.0 Å². The summed E-state index contributed by atoms with van der Waals surface area (Å²) < 4.78 is 19.2. The first kappa shape index (κ1) is 16.9. The molecule has 0 N–H and O–H groups in total. The lowest BCUT2D eigenvalue weighted by Crippen LogP contribution is -2.46. The van der Waals surface area contributed by atoms with E-state index >= 15 is 0 Å². The fourth-order valence-corrected chi connectivity index (χ4v) is 4.83. The van der Waals surface area contributed by atoms with Crippen molar-refractivity contribution in [2.45, 2.75) is 22.3 Å². The molecule has 0 aromatic heterocycles. The highest BCUT2D eigenvalue weighted by atomic mass is 32.2. The number of nitrogens with zero attached hydrogens (tertiary/aromatic N) is 2. The zero-order valence-electron chi connectivity index (χ0n) is 14.7. The van der Waals surface area contributed by atoms with Gasteiger partial charge in [0.05, 0.1) is 7.11 Å². The number of ether oxygens (including phenoxy) is 1. The van der Waals surface area contributed by atoms with Gasteiger partial charge in [-0.1, -0.05) is 17.8 Å². The highest BCUT2D eigenvalue weighted by Gasteiger charge is 2.29. The summed E-state index contributed by atoms with van der Waals surface area (Å²) in [7, 11) is 3.88. The van der Waals surface area contributed by atoms with Gasteiger partial charge < -0.3 is 9.64 Å². The lowest BCUT2D eigenvalue weighted by molar-refractivity contribution is 0.109. The summed E-state index contributed by atoms with van der Waals surface area (Å²) in [4.78, 5) is 7.17. The van der Waals surface area contributed by atoms with E-state index in [1.54, 1.807) is 31.0 Å². The minimum atomic E-state index is -0.167. The summed E-state index contributed by atoms with van der Waals surface area (Å²) in [6.07, 6.45) is 0.909. The number of methoxy groups -OCH3 is 1. The van der Waals surface area contributed by atoms with E-state index in [2.05, 4.69) is 29.0 Å². The number of fused-ring (bicyclic) bond motifs is 2. The van der Waals surface area contributed by atoms with Crippen LogP contribution in [0.4, 0.5) is 4.39 Å². The molecule has 25 heavy (non-hydrogen) atoms. The van der Waals surface area contributed by atoms with Crippen LogP contribution in [0.5, 0.6) is 5.75 Å². The van der Waals surface area contributed by atoms with Crippen molar-refractivity contribution in [2.75, 3.05) is 40.3 Å². The van der Waals surface area contributed by atoms with Crippen LogP contribution in [0.1, 0.15) is 17.2 Å². The number of likely N-dealkylation sites (N-methyl/N-ethyl adjacent to an activating group) is 1. The first-order valence-corrected chi connectivity index (χ1v) is 9.52. The van der Waals surface area contributed by atoms with Gasteiger partial charge >= 0.3 is 0 Å². The number of rotatable bonds is 2. The molecule has 2 aromatic rings. The van der Waals surface area contributed by atoms with Crippen LogP contribution in [0.25, 0.3) is 0 Å². The second-order valence-electron chi connectivity index (χ2n) is 6.82. The van der Waals surface area contributed by atoms with Gasteiger partial charge in [-0.2, -0.15) is 0 Å². The molecule has 0 aliphatic carbocycles. The van der Waals surface area contributed by atoms with Gasteiger partial charge in [-0.15, -0.1) is 0 Å². The first-order valence-electron chi connectivity index (χ1n) is 8.71. The van der Waals surface area contributed by atoms with Gasteiger partial charge in [0.25, 0.3) is 0 Å². The number of benzene rings is 2. The second-order valence-corrected chi connectivity index (χ2v) is 7.90. The fourth-order valence-electron chi connectivity index (χ4n) is 3.70. The van der Waals surface area contributed by atoms with Gasteiger partial charge in [-0.3, -0.25) is 4.90 Å². The van der Waals surface area contributed by atoms with E-state index in [1.807, 2.05) is 12.1 Å². The van der Waals surface area contributed by atoms with Crippen LogP contribution < -0.4 is 4.74 Å². The Kier molecular flexibility index (Phi) is 4.71. The van der Waals surface area contributed by atoms with Crippen LogP contribution in [0.15, 0.2) is 46.2 Å². The van der Waals surface area contributed by atoms with Crippen LogP contribution in [-0.2, 0) is 6.42 Å². The molecular formula is C20H23FN2OS. The normalized spacial score (nSPS) is 21.3. The quantitative estimate of drug-likeness (QED) is 0.810. The van der Waals surface area contributed by atoms with E-state index in [9.17, 15) is 4.39 Å². The van der Waals surface area contributed by atoms with Gasteiger partial charge in [0.15, 0.2) is 0 Å². The molecule has 2 aliphatic rings. The number of halogens is 1. The van der Waals surface area contributed by atoms with E-state index in [0.717, 1.165) is 43.2 Å². The Morgan fingerprint density at radius 2 is 1.84 bits per heavy atom. The Labute approximate surface area is 152 Å². The van der Waals surface area contributed by atoms with Crippen molar-refractivity contribution in [2.24, 2.45) is 0 Å². The smallest absolute Gasteiger partial charge is 0.124 e. The Bertz CT molecular complexity index is 774. The van der Waals surface area contributed by atoms with Crippen LogP contribution in [0, 0.1) is 5.82 Å². The average molecular weight is 358 g/mol. The van der Waals surface area contributed by atoms with Crippen LogP contribution in [0.3, 0.4) is 0 Å². The highest BCUT2D eigenvalue weighted by molar-refractivity contribution is 7.99. The Morgan fingerprint density at radius 3 is 2.60 bits per heavy atom. The summed E-state index contributed by atoms with van der Waals surface area (Å²) in [6, 6.07) is 11.8. The van der Waals surface area contributed by atoms with Gasteiger partial charge in [0, 0.05) is 42.0 Å². The minimum absolute atomic E-state index is 0.167. The van der Waals surface area contributed by atoms with E-state index in [4.69, 9.17) is 4.74 Å². The molecule has 0 unspecified atom stereocenters. The van der Waals surface area contributed by atoms with Crippen molar-refractivity contribution in [1.82, 2.24) is 9.80 Å². The molecule has 5 heteroatoms. The first-order chi connectivity index (χ1) is 12.1. The molecule has 132 valence electrons. The molecule has 0 spiro atoms. The molecular weight excluding hydrogens is 335 g/mol. The van der Waals surface area contributed by atoms with Gasteiger partial charge in [0.2, 0.25) is 0 Å². The molecule has 0 saturated carbocycles. The Morgan fingerprint density at radius 1 is 1.04 bits per heavy atom. The molecule has 3 nitrogen and oxygen atoms in total. The summed E-state index contributed by atoms with van der Waals surface area (Å²) in [5.74, 6) is 0.718. The molecule has 4 rings (SSSR count). The average Bonchev–Trinajstić information content (AvgIpc) is 2.78. The van der Waals surface area contributed by atoms with Gasteiger partial charge in [0.1, 0.15) is 11.6 Å². The molecule has 2 heterocycles. The fraction of sp³-hybridized carbons (Fsp3) is 0.400. The van der Waals surface area contributed by atoms with Crippen molar-refractivity contribution < 1.29 is 9.13 Å². The lowest BCUT2D eigenvalue weighted by Gasteiger charge is -2.38. The molecule has 2 aliphatic heterocycles. The van der Waals surface area contributed by atoms with Crippen molar-refractivity contribution >= 4 is 11.8 Å². The molecule has 0 bridgehead atoms. The summed E-state index contributed by atoms with van der Waals surface area (Å²) in [6.45, 7) is 4.27. The molecule has 0 radical (unpaired) electrons. The van der Waals surface area contributed by atoms with Crippen molar-refractivity contribution in [1.29, 1.82) is 0 Å². The van der Waals surface area contributed by atoms with Crippen molar-refractivity contribution in [3.05, 3.63) is 53.3 Å². The number of piperazine rings is 1. The van der Waals surface area contributed by atoms with Crippen molar-refractivity contribution in [3.8, 4) is 5.75 Å². The maximum atomic E-state index is 13.8. The van der Waals surface area contributed by atoms with E-state index in [-0.39, 0.29) is 5.82 Å². The summed E-state index contributed by atoms with van der Waals surface area (Å²) in [5, 5.41) is 0. The van der Waals surface area contributed by atoms with Crippen LogP contribution >= 0.6 is 11.8 Å². The predicted molar refractivity (Wildman–Crippen MR) is 99.0 cm³/mol. The lowest BCUT2D eigenvalue weighted by atomic mass is 9.96. The maximum Gasteiger partial charge on any atom is 0.124 e. The largest absolute Gasteiger partial charge is 0.497 e. The molecule has 1 atom stereocenters. The third-order valence-corrected chi connectivity index (χ3v) is 6.41. The highest BCUT2D eigenvalue weighted by Crippen LogP contribution is 2.44. The molecule has 0 amide bonds. The van der Waals surface area contributed by atoms with E-state index < -0.39 is 0 Å². The predicted octanol–water partition coefficient (Wildman–Crippen LogP) is 3.83. The zero-order valence-corrected chi connectivity index (χ0v) is 15.5. The van der Waals surface area contributed by atoms with Crippen molar-refractivity contribution in [3.63, 3.8) is 0 Å². The molecule has 2 aromatic carbocycles. The van der Waals surface area contributed by atoms with Crippen LogP contribution in [-0.4, -0.2) is 50.1 Å². The minimum Gasteiger partial charge on any atom is -0.497 e. The summed E-state index contributed by atoms with van der Waals surface area (Å²) >= 11 is 1.67. The monoisotopic (exact) mass is 358 g/mol. The summed E-state index contributed by atoms with van der Waals surface area (Å²) in [5.41, 5.74) is 2.52. The Hall–Kier alpha value is -1.56. The topological polar surface area (TPSA) is 15.7 Å².